The third kappa shape index (κ3) is 4.02. The molecule has 0 atom stereocenters. The van der Waals surface area contributed by atoms with Gasteiger partial charge >= 0.3 is 0 Å². The van der Waals surface area contributed by atoms with Crippen molar-refractivity contribution in [2.45, 2.75) is 52.1 Å². The number of aliphatic hydroxyl groups excluding tert-OH is 1. The van der Waals surface area contributed by atoms with Crippen molar-refractivity contribution in [2.24, 2.45) is 5.92 Å². The topological polar surface area (TPSA) is 29.5 Å². The van der Waals surface area contributed by atoms with E-state index in [1.165, 1.54) is 19.3 Å². The number of aryl methyl sites for hydroxylation is 1. The summed E-state index contributed by atoms with van der Waals surface area (Å²) in [7, 11) is 0. The quantitative estimate of drug-likeness (QED) is 0.850. The Hall–Kier alpha value is -1.46. The first-order valence-corrected chi connectivity index (χ1v) is 7.60. The van der Waals surface area contributed by atoms with Crippen LogP contribution >= 0.6 is 0 Å². The normalized spacial score (nSPS) is 21.9. The van der Waals surface area contributed by atoms with Gasteiger partial charge < -0.3 is 9.84 Å². The van der Waals surface area contributed by atoms with Gasteiger partial charge in [-0.2, -0.15) is 0 Å². The lowest BCUT2D eigenvalue weighted by atomic mass is 9.86. The molecule has 1 aromatic carbocycles. The lowest BCUT2D eigenvalue weighted by molar-refractivity contribution is 0.129. The van der Waals surface area contributed by atoms with Crippen molar-refractivity contribution in [3.05, 3.63) is 29.3 Å². The summed E-state index contributed by atoms with van der Waals surface area (Å²) >= 11 is 0. The molecular weight excluding hydrogens is 248 g/mol. The van der Waals surface area contributed by atoms with E-state index in [4.69, 9.17) is 9.84 Å². The molecule has 1 saturated carbocycles. The molecule has 0 aromatic heterocycles. The second-order valence-corrected chi connectivity index (χ2v) is 5.63. The average Bonchev–Trinajstić information content (AvgIpc) is 2.48. The van der Waals surface area contributed by atoms with Crippen molar-refractivity contribution < 1.29 is 9.84 Å². The summed E-state index contributed by atoms with van der Waals surface area (Å²) in [6, 6.07) is 6.08. The summed E-state index contributed by atoms with van der Waals surface area (Å²) in [4.78, 5) is 0. The smallest absolute Gasteiger partial charge is 0.135 e. The van der Waals surface area contributed by atoms with Gasteiger partial charge in [0.15, 0.2) is 0 Å². The molecule has 1 aliphatic rings. The van der Waals surface area contributed by atoms with Gasteiger partial charge in [0.2, 0.25) is 0 Å². The first-order chi connectivity index (χ1) is 9.72. The molecule has 0 amide bonds. The second-order valence-electron chi connectivity index (χ2n) is 5.63. The molecule has 2 heteroatoms. The molecule has 1 aliphatic carbocycles. The predicted octanol–water partition coefficient (Wildman–Crippen LogP) is 3.69. The average molecular weight is 272 g/mol. The van der Waals surface area contributed by atoms with E-state index >= 15 is 0 Å². The molecule has 1 fully saturated rings. The minimum absolute atomic E-state index is 0.116. The number of benzene rings is 1. The van der Waals surface area contributed by atoms with Crippen LogP contribution in [0, 0.1) is 24.7 Å². The van der Waals surface area contributed by atoms with Gasteiger partial charge in [0.05, 0.1) is 11.7 Å². The van der Waals surface area contributed by atoms with Crippen molar-refractivity contribution in [3.8, 4) is 17.6 Å². The van der Waals surface area contributed by atoms with Crippen LogP contribution in [-0.4, -0.2) is 17.8 Å². The molecule has 0 spiro atoms. The van der Waals surface area contributed by atoms with Crippen molar-refractivity contribution in [2.75, 3.05) is 6.61 Å². The molecule has 108 valence electrons. The Kier molecular flexibility index (Phi) is 5.49. The summed E-state index contributed by atoms with van der Waals surface area (Å²) < 4.78 is 6.15. The molecule has 20 heavy (non-hydrogen) atoms. The summed E-state index contributed by atoms with van der Waals surface area (Å²) in [6.07, 6.45) is 6.41. The Morgan fingerprint density at radius 2 is 2.00 bits per heavy atom. The molecule has 1 aromatic rings. The zero-order valence-corrected chi connectivity index (χ0v) is 12.5. The SMILES string of the molecule is CCC1CCC(Oc2ccc(C)cc2C#CCO)CC1. The zero-order valence-electron chi connectivity index (χ0n) is 12.5. The maximum absolute atomic E-state index is 8.85. The number of rotatable bonds is 3. The Labute approximate surface area is 122 Å². The highest BCUT2D eigenvalue weighted by Gasteiger charge is 2.21. The third-order valence-electron chi connectivity index (χ3n) is 4.10. The van der Waals surface area contributed by atoms with Crippen LogP contribution in [0.5, 0.6) is 5.75 Å². The second kappa shape index (κ2) is 7.36. The summed E-state index contributed by atoms with van der Waals surface area (Å²) in [5, 5.41) is 8.85. The van der Waals surface area contributed by atoms with Gasteiger partial charge in [0, 0.05) is 0 Å². The fourth-order valence-corrected chi connectivity index (χ4v) is 2.82. The van der Waals surface area contributed by atoms with Crippen molar-refractivity contribution >= 4 is 0 Å². The monoisotopic (exact) mass is 272 g/mol. The number of hydrogen-bond acceptors (Lipinski definition) is 2. The molecular formula is C18H24O2. The van der Waals surface area contributed by atoms with E-state index in [1.807, 2.05) is 19.1 Å². The van der Waals surface area contributed by atoms with Crippen LogP contribution in [0.25, 0.3) is 0 Å². The van der Waals surface area contributed by atoms with Crippen molar-refractivity contribution in [3.63, 3.8) is 0 Å². The number of aliphatic hydroxyl groups is 1. The van der Waals surface area contributed by atoms with Gasteiger partial charge in [-0.1, -0.05) is 31.3 Å². The summed E-state index contributed by atoms with van der Waals surface area (Å²) in [6.45, 7) is 4.20. The third-order valence-corrected chi connectivity index (χ3v) is 4.10. The highest BCUT2D eigenvalue weighted by molar-refractivity contribution is 5.48. The van der Waals surface area contributed by atoms with Crippen LogP contribution < -0.4 is 4.74 Å². The van der Waals surface area contributed by atoms with Crippen LogP contribution in [0.15, 0.2) is 18.2 Å². The van der Waals surface area contributed by atoms with Gasteiger partial charge in [-0.25, -0.2) is 0 Å². The van der Waals surface area contributed by atoms with Gasteiger partial charge in [0.25, 0.3) is 0 Å². The molecule has 1 N–H and O–H groups in total. The van der Waals surface area contributed by atoms with E-state index in [1.54, 1.807) is 0 Å². The Morgan fingerprint density at radius 1 is 1.25 bits per heavy atom. The lowest BCUT2D eigenvalue weighted by Gasteiger charge is -2.28. The zero-order chi connectivity index (χ0) is 14.4. The standard InChI is InChI=1S/C18H24O2/c1-3-15-7-9-17(10-8-15)20-18-11-6-14(2)13-16(18)5-4-12-19/h6,11,13,15,17,19H,3,7-10,12H2,1-2H3. The highest BCUT2D eigenvalue weighted by Crippen LogP contribution is 2.30. The Bertz CT molecular complexity index is 488. The van der Waals surface area contributed by atoms with Crippen LogP contribution in [0.4, 0.5) is 0 Å². The van der Waals surface area contributed by atoms with E-state index in [2.05, 4.69) is 24.8 Å². The highest BCUT2D eigenvalue weighted by atomic mass is 16.5. The minimum atomic E-state index is -0.116. The number of ether oxygens (including phenoxy) is 1. The first kappa shape index (κ1) is 14.9. The van der Waals surface area contributed by atoms with E-state index in [0.717, 1.165) is 35.6 Å². The van der Waals surface area contributed by atoms with Gasteiger partial charge in [-0.3, -0.25) is 0 Å². The van der Waals surface area contributed by atoms with Gasteiger partial charge in [-0.15, -0.1) is 0 Å². The molecule has 0 aliphatic heterocycles. The first-order valence-electron chi connectivity index (χ1n) is 7.60. The van der Waals surface area contributed by atoms with Gasteiger partial charge in [0.1, 0.15) is 12.4 Å². The summed E-state index contributed by atoms with van der Waals surface area (Å²) in [5.74, 6) is 7.43. The summed E-state index contributed by atoms with van der Waals surface area (Å²) in [5.41, 5.74) is 2.05. The lowest BCUT2D eigenvalue weighted by Crippen LogP contribution is -2.24. The fraction of sp³-hybridized carbons (Fsp3) is 0.556. The maximum Gasteiger partial charge on any atom is 0.135 e. The van der Waals surface area contributed by atoms with Crippen LogP contribution in [0.2, 0.25) is 0 Å². The maximum atomic E-state index is 8.85. The number of hydrogen-bond donors (Lipinski definition) is 1. The molecule has 2 rings (SSSR count). The molecule has 0 bridgehead atoms. The van der Waals surface area contributed by atoms with E-state index in [-0.39, 0.29) is 6.61 Å². The molecule has 0 saturated heterocycles. The largest absolute Gasteiger partial charge is 0.489 e. The predicted molar refractivity (Wildman–Crippen MR) is 81.8 cm³/mol. The van der Waals surface area contributed by atoms with Crippen molar-refractivity contribution in [1.29, 1.82) is 0 Å². The van der Waals surface area contributed by atoms with Crippen LogP contribution in [-0.2, 0) is 0 Å². The van der Waals surface area contributed by atoms with E-state index in [9.17, 15) is 0 Å². The fourth-order valence-electron chi connectivity index (χ4n) is 2.82. The molecule has 0 radical (unpaired) electrons. The Balaban J connectivity index is 2.05. The Morgan fingerprint density at radius 3 is 2.65 bits per heavy atom. The van der Waals surface area contributed by atoms with Crippen LogP contribution in [0.3, 0.4) is 0 Å². The van der Waals surface area contributed by atoms with E-state index in [0.29, 0.717) is 6.10 Å². The van der Waals surface area contributed by atoms with Gasteiger partial charge in [-0.05, 0) is 56.2 Å². The van der Waals surface area contributed by atoms with Crippen LogP contribution in [0.1, 0.15) is 50.2 Å². The minimum Gasteiger partial charge on any atom is -0.489 e. The van der Waals surface area contributed by atoms with E-state index < -0.39 is 0 Å². The van der Waals surface area contributed by atoms with Crippen molar-refractivity contribution in [1.82, 2.24) is 0 Å². The molecule has 0 unspecified atom stereocenters. The molecule has 0 heterocycles. The molecule has 2 nitrogen and oxygen atoms in total.